The number of aliphatic hydroxyl groups is 1. The fraction of sp³-hybridized carbons (Fsp3) is 0.538. The van der Waals surface area contributed by atoms with Gasteiger partial charge in [-0.05, 0) is 37.7 Å². The molecule has 1 aliphatic carbocycles. The molecule has 1 saturated carbocycles. The standard InChI is InChI=1S/C13H16N4O3/c14-7-10-5-6-15-13(12(10)17(19)20)16-8-9-1-3-11(18)4-2-9/h5-6,9,11,18H,1-4,8H2,(H,15,16). The van der Waals surface area contributed by atoms with Crippen molar-refractivity contribution < 1.29 is 10.0 Å². The normalized spacial score (nSPS) is 22.0. The third-order valence-corrected chi connectivity index (χ3v) is 3.60. The Hall–Kier alpha value is -2.20. The van der Waals surface area contributed by atoms with Gasteiger partial charge in [0.1, 0.15) is 11.6 Å². The van der Waals surface area contributed by atoms with E-state index in [2.05, 4.69) is 10.3 Å². The van der Waals surface area contributed by atoms with Gasteiger partial charge in [0, 0.05) is 12.7 Å². The van der Waals surface area contributed by atoms with Crippen LogP contribution in [0.2, 0.25) is 0 Å². The SMILES string of the molecule is N#Cc1ccnc(NCC2CCC(O)CC2)c1[N+](=O)[O-]. The third kappa shape index (κ3) is 3.22. The molecule has 0 saturated heterocycles. The molecule has 0 atom stereocenters. The molecule has 0 aromatic carbocycles. The number of pyridine rings is 1. The molecule has 0 radical (unpaired) electrons. The summed E-state index contributed by atoms with van der Waals surface area (Å²) in [6, 6.07) is 3.14. The zero-order valence-electron chi connectivity index (χ0n) is 11.0. The molecule has 20 heavy (non-hydrogen) atoms. The summed E-state index contributed by atoms with van der Waals surface area (Å²) in [5, 5.41) is 32.3. The lowest BCUT2D eigenvalue weighted by Crippen LogP contribution is -2.24. The molecule has 0 amide bonds. The molecule has 0 aliphatic heterocycles. The lowest BCUT2D eigenvalue weighted by Gasteiger charge is -2.25. The van der Waals surface area contributed by atoms with Crippen molar-refractivity contribution in [3.63, 3.8) is 0 Å². The van der Waals surface area contributed by atoms with Crippen LogP contribution in [0.5, 0.6) is 0 Å². The first-order valence-electron chi connectivity index (χ1n) is 6.57. The molecule has 0 spiro atoms. The number of nitrogens with one attached hydrogen (secondary N) is 1. The highest BCUT2D eigenvalue weighted by molar-refractivity contribution is 5.64. The van der Waals surface area contributed by atoms with E-state index >= 15 is 0 Å². The molecular weight excluding hydrogens is 260 g/mol. The second-order valence-corrected chi connectivity index (χ2v) is 4.98. The van der Waals surface area contributed by atoms with Crippen molar-refractivity contribution in [3.05, 3.63) is 27.9 Å². The molecule has 1 aromatic rings. The van der Waals surface area contributed by atoms with Crippen LogP contribution in [0.15, 0.2) is 12.3 Å². The van der Waals surface area contributed by atoms with E-state index in [1.165, 1.54) is 12.3 Å². The average molecular weight is 276 g/mol. The number of nitro groups is 1. The van der Waals surface area contributed by atoms with E-state index in [9.17, 15) is 15.2 Å². The maximum Gasteiger partial charge on any atom is 0.328 e. The van der Waals surface area contributed by atoms with E-state index in [-0.39, 0.29) is 23.2 Å². The molecule has 0 unspecified atom stereocenters. The molecule has 7 heteroatoms. The van der Waals surface area contributed by atoms with Gasteiger partial charge >= 0.3 is 5.69 Å². The third-order valence-electron chi connectivity index (χ3n) is 3.60. The Bertz CT molecular complexity index is 533. The van der Waals surface area contributed by atoms with Gasteiger partial charge in [0.05, 0.1) is 11.0 Å². The van der Waals surface area contributed by atoms with Gasteiger partial charge in [-0.1, -0.05) is 0 Å². The van der Waals surface area contributed by atoms with Gasteiger partial charge in [0.25, 0.3) is 0 Å². The summed E-state index contributed by atoms with van der Waals surface area (Å²) in [6.07, 6.45) is 4.47. The minimum Gasteiger partial charge on any atom is -0.393 e. The van der Waals surface area contributed by atoms with Crippen LogP contribution in [0.3, 0.4) is 0 Å². The van der Waals surface area contributed by atoms with Crippen LogP contribution in [0, 0.1) is 27.4 Å². The first-order valence-corrected chi connectivity index (χ1v) is 6.57. The smallest absolute Gasteiger partial charge is 0.328 e. The molecule has 0 bridgehead atoms. The first-order chi connectivity index (χ1) is 9.61. The van der Waals surface area contributed by atoms with Crippen molar-refractivity contribution in [2.45, 2.75) is 31.8 Å². The molecule has 1 heterocycles. The van der Waals surface area contributed by atoms with Gasteiger partial charge < -0.3 is 10.4 Å². The topological polar surface area (TPSA) is 112 Å². The van der Waals surface area contributed by atoms with Crippen molar-refractivity contribution in [2.24, 2.45) is 5.92 Å². The van der Waals surface area contributed by atoms with E-state index < -0.39 is 4.92 Å². The molecule has 2 N–H and O–H groups in total. The van der Waals surface area contributed by atoms with Gasteiger partial charge in [0.15, 0.2) is 0 Å². The number of nitrogens with zero attached hydrogens (tertiary/aromatic N) is 3. The van der Waals surface area contributed by atoms with Crippen molar-refractivity contribution in [2.75, 3.05) is 11.9 Å². The summed E-state index contributed by atoms with van der Waals surface area (Å²) in [5.74, 6) is 0.505. The highest BCUT2D eigenvalue weighted by atomic mass is 16.6. The number of hydrogen-bond acceptors (Lipinski definition) is 6. The number of nitriles is 1. The fourth-order valence-electron chi connectivity index (χ4n) is 2.45. The van der Waals surface area contributed by atoms with E-state index in [1.807, 2.05) is 0 Å². The van der Waals surface area contributed by atoms with Crippen LogP contribution in [0.25, 0.3) is 0 Å². The van der Waals surface area contributed by atoms with E-state index in [0.717, 1.165) is 25.7 Å². The molecule has 1 aliphatic rings. The summed E-state index contributed by atoms with van der Waals surface area (Å²) in [4.78, 5) is 14.4. The number of hydrogen-bond donors (Lipinski definition) is 2. The van der Waals surface area contributed by atoms with E-state index in [4.69, 9.17) is 5.26 Å². The first kappa shape index (κ1) is 14.2. The fourth-order valence-corrected chi connectivity index (χ4v) is 2.45. The average Bonchev–Trinajstić information content (AvgIpc) is 2.46. The van der Waals surface area contributed by atoms with Crippen molar-refractivity contribution >= 4 is 11.5 Å². The number of aromatic nitrogens is 1. The Morgan fingerprint density at radius 1 is 1.50 bits per heavy atom. The van der Waals surface area contributed by atoms with Crippen molar-refractivity contribution in [1.82, 2.24) is 4.98 Å². The predicted molar refractivity (Wildman–Crippen MR) is 72.1 cm³/mol. The van der Waals surface area contributed by atoms with Crippen LogP contribution in [0.1, 0.15) is 31.2 Å². The monoisotopic (exact) mass is 276 g/mol. The van der Waals surface area contributed by atoms with Gasteiger partial charge in [-0.2, -0.15) is 5.26 Å². The Morgan fingerprint density at radius 2 is 2.20 bits per heavy atom. The minimum absolute atomic E-state index is 0.00608. The summed E-state index contributed by atoms with van der Waals surface area (Å²) < 4.78 is 0. The van der Waals surface area contributed by atoms with Gasteiger partial charge in [-0.3, -0.25) is 10.1 Å². The Labute approximate surface area is 116 Å². The quantitative estimate of drug-likeness (QED) is 0.640. The number of aliphatic hydroxyl groups excluding tert-OH is 1. The number of rotatable bonds is 4. The minimum atomic E-state index is -0.585. The van der Waals surface area contributed by atoms with Crippen LogP contribution >= 0.6 is 0 Å². The molecule has 7 nitrogen and oxygen atoms in total. The van der Waals surface area contributed by atoms with E-state index in [1.54, 1.807) is 6.07 Å². The Balaban J connectivity index is 2.06. The highest BCUT2D eigenvalue weighted by Gasteiger charge is 2.23. The molecular formula is C13H16N4O3. The van der Waals surface area contributed by atoms with Crippen LogP contribution < -0.4 is 5.32 Å². The van der Waals surface area contributed by atoms with Gasteiger partial charge in [-0.15, -0.1) is 0 Å². The molecule has 1 fully saturated rings. The lowest BCUT2D eigenvalue weighted by atomic mass is 9.87. The van der Waals surface area contributed by atoms with Crippen LogP contribution in [-0.2, 0) is 0 Å². The second-order valence-electron chi connectivity index (χ2n) is 4.98. The zero-order valence-corrected chi connectivity index (χ0v) is 11.0. The van der Waals surface area contributed by atoms with Crippen molar-refractivity contribution in [1.29, 1.82) is 5.26 Å². The maximum absolute atomic E-state index is 11.0. The predicted octanol–water partition coefficient (Wildman–Crippen LogP) is 1.82. The second kappa shape index (κ2) is 6.30. The highest BCUT2D eigenvalue weighted by Crippen LogP contribution is 2.28. The largest absolute Gasteiger partial charge is 0.393 e. The van der Waals surface area contributed by atoms with Crippen LogP contribution in [0.4, 0.5) is 11.5 Å². The van der Waals surface area contributed by atoms with E-state index in [0.29, 0.717) is 12.5 Å². The van der Waals surface area contributed by atoms with Gasteiger partial charge in [-0.25, -0.2) is 4.98 Å². The maximum atomic E-state index is 11.0. The Morgan fingerprint density at radius 3 is 2.80 bits per heavy atom. The van der Waals surface area contributed by atoms with Gasteiger partial charge in [0.2, 0.25) is 5.82 Å². The molecule has 106 valence electrons. The summed E-state index contributed by atoms with van der Waals surface area (Å²) >= 11 is 0. The summed E-state index contributed by atoms with van der Waals surface area (Å²) in [7, 11) is 0. The zero-order chi connectivity index (χ0) is 14.5. The number of anilines is 1. The van der Waals surface area contributed by atoms with Crippen LogP contribution in [-0.4, -0.2) is 27.7 Å². The lowest BCUT2D eigenvalue weighted by molar-refractivity contribution is -0.384. The summed E-state index contributed by atoms with van der Waals surface area (Å²) in [6.45, 7) is 0.565. The molecule has 2 rings (SSSR count). The Kier molecular flexibility index (Phi) is 4.48. The molecule has 1 aromatic heterocycles. The summed E-state index contributed by atoms with van der Waals surface area (Å²) in [5.41, 5.74) is -0.266. The van der Waals surface area contributed by atoms with Crippen molar-refractivity contribution in [3.8, 4) is 6.07 Å².